The summed E-state index contributed by atoms with van der Waals surface area (Å²) in [6.07, 6.45) is 0. The Hall–Kier alpha value is -3.14. The molecule has 0 atom stereocenters. The summed E-state index contributed by atoms with van der Waals surface area (Å²) in [5, 5.41) is 6.50. The summed E-state index contributed by atoms with van der Waals surface area (Å²) in [5.41, 5.74) is 4.80. The fourth-order valence-corrected chi connectivity index (χ4v) is 2.63. The number of hydrazone groups is 1. The van der Waals surface area contributed by atoms with E-state index < -0.39 is 0 Å². The first-order chi connectivity index (χ1) is 11.7. The van der Waals surface area contributed by atoms with Gasteiger partial charge in [0.05, 0.1) is 18.4 Å². The Morgan fingerprint density at radius 2 is 1.58 bits per heavy atom. The number of para-hydroxylation sites is 1. The zero-order valence-electron chi connectivity index (χ0n) is 13.6. The second kappa shape index (κ2) is 6.96. The third-order valence-electron chi connectivity index (χ3n) is 3.86. The Morgan fingerprint density at radius 1 is 0.917 bits per heavy atom. The lowest BCUT2D eigenvalue weighted by Crippen LogP contribution is -2.20. The van der Waals surface area contributed by atoms with Crippen LogP contribution in [0.5, 0.6) is 5.75 Å². The number of fused-ring (bicyclic) bond motifs is 1. The molecule has 0 aliphatic heterocycles. The Morgan fingerprint density at radius 3 is 2.42 bits per heavy atom. The average molecular weight is 318 g/mol. The molecule has 0 aliphatic carbocycles. The lowest BCUT2D eigenvalue weighted by atomic mass is 10.0. The van der Waals surface area contributed by atoms with Crippen molar-refractivity contribution in [1.82, 2.24) is 5.43 Å². The van der Waals surface area contributed by atoms with Crippen LogP contribution in [0.15, 0.2) is 71.8 Å². The van der Waals surface area contributed by atoms with E-state index in [4.69, 9.17) is 4.74 Å². The van der Waals surface area contributed by atoms with E-state index in [2.05, 4.69) is 22.7 Å². The van der Waals surface area contributed by atoms with Gasteiger partial charge in [0.2, 0.25) is 0 Å². The largest absolute Gasteiger partial charge is 0.496 e. The number of nitrogens with zero attached hydrogens (tertiary/aromatic N) is 1. The van der Waals surface area contributed by atoms with Crippen molar-refractivity contribution < 1.29 is 9.53 Å². The smallest absolute Gasteiger partial charge is 0.275 e. The van der Waals surface area contributed by atoms with Gasteiger partial charge >= 0.3 is 0 Å². The summed E-state index contributed by atoms with van der Waals surface area (Å²) in [6, 6.07) is 21.2. The van der Waals surface area contributed by atoms with Crippen LogP contribution in [0.1, 0.15) is 22.8 Å². The fourth-order valence-electron chi connectivity index (χ4n) is 2.63. The molecule has 0 aromatic heterocycles. The molecule has 4 nitrogen and oxygen atoms in total. The molecule has 0 aliphatic rings. The van der Waals surface area contributed by atoms with Gasteiger partial charge in [-0.2, -0.15) is 5.10 Å². The number of amides is 1. The van der Waals surface area contributed by atoms with Crippen molar-refractivity contribution in [1.29, 1.82) is 0 Å². The van der Waals surface area contributed by atoms with E-state index in [1.54, 1.807) is 18.2 Å². The van der Waals surface area contributed by atoms with Gasteiger partial charge in [0, 0.05) is 5.56 Å². The molecule has 3 aromatic carbocycles. The third kappa shape index (κ3) is 3.13. The molecule has 0 bridgehead atoms. The number of hydrogen-bond donors (Lipinski definition) is 1. The number of carbonyl (C=O) groups excluding carboxylic acids is 1. The molecule has 1 N–H and O–H groups in total. The number of benzene rings is 3. The minimum Gasteiger partial charge on any atom is -0.496 e. The van der Waals surface area contributed by atoms with Gasteiger partial charge < -0.3 is 4.74 Å². The van der Waals surface area contributed by atoms with Crippen LogP contribution in [-0.2, 0) is 0 Å². The molecule has 0 radical (unpaired) electrons. The maximum atomic E-state index is 12.3. The lowest BCUT2D eigenvalue weighted by molar-refractivity contribution is 0.0952. The summed E-state index contributed by atoms with van der Waals surface area (Å²) in [4.78, 5) is 12.3. The number of carbonyl (C=O) groups is 1. The number of ether oxygens (including phenoxy) is 1. The van der Waals surface area contributed by atoms with E-state index in [-0.39, 0.29) is 5.91 Å². The molecule has 120 valence electrons. The number of hydrogen-bond acceptors (Lipinski definition) is 3. The average Bonchev–Trinajstić information content (AvgIpc) is 2.65. The Labute approximate surface area is 140 Å². The van der Waals surface area contributed by atoms with Crippen molar-refractivity contribution in [3.8, 4) is 5.75 Å². The van der Waals surface area contributed by atoms with Crippen LogP contribution in [0.4, 0.5) is 0 Å². The predicted molar refractivity (Wildman–Crippen MR) is 96.6 cm³/mol. The highest BCUT2D eigenvalue weighted by atomic mass is 16.5. The summed E-state index contributed by atoms with van der Waals surface area (Å²) >= 11 is 0. The minimum atomic E-state index is -0.299. The van der Waals surface area contributed by atoms with E-state index >= 15 is 0 Å². The zero-order chi connectivity index (χ0) is 16.9. The molecule has 0 heterocycles. The Balaban J connectivity index is 1.87. The van der Waals surface area contributed by atoms with Crippen LogP contribution >= 0.6 is 0 Å². The lowest BCUT2D eigenvalue weighted by Gasteiger charge is -2.08. The van der Waals surface area contributed by atoms with Crippen LogP contribution in [0.3, 0.4) is 0 Å². The normalized spacial score (nSPS) is 11.3. The first-order valence-corrected chi connectivity index (χ1v) is 7.66. The highest BCUT2D eigenvalue weighted by Crippen LogP contribution is 2.19. The van der Waals surface area contributed by atoms with Crippen molar-refractivity contribution in [2.75, 3.05) is 7.11 Å². The summed E-state index contributed by atoms with van der Waals surface area (Å²) in [7, 11) is 1.54. The van der Waals surface area contributed by atoms with Crippen molar-refractivity contribution in [2.24, 2.45) is 5.10 Å². The monoisotopic (exact) mass is 318 g/mol. The molecule has 4 heteroatoms. The maximum Gasteiger partial charge on any atom is 0.275 e. The van der Waals surface area contributed by atoms with E-state index in [1.807, 2.05) is 43.3 Å². The number of rotatable bonds is 4. The van der Waals surface area contributed by atoms with Crippen molar-refractivity contribution in [3.05, 3.63) is 77.9 Å². The van der Waals surface area contributed by atoms with E-state index in [9.17, 15) is 4.79 Å². The second-order valence-electron chi connectivity index (χ2n) is 5.37. The van der Waals surface area contributed by atoms with Crippen LogP contribution in [-0.4, -0.2) is 18.7 Å². The van der Waals surface area contributed by atoms with E-state index in [0.29, 0.717) is 11.3 Å². The third-order valence-corrected chi connectivity index (χ3v) is 3.86. The summed E-state index contributed by atoms with van der Waals surface area (Å²) in [5.74, 6) is 0.222. The molecule has 3 rings (SSSR count). The van der Waals surface area contributed by atoms with Gasteiger partial charge in [-0.25, -0.2) is 5.43 Å². The van der Waals surface area contributed by atoms with Crippen molar-refractivity contribution >= 4 is 22.4 Å². The van der Waals surface area contributed by atoms with Crippen LogP contribution in [0, 0.1) is 0 Å². The first-order valence-electron chi connectivity index (χ1n) is 7.66. The van der Waals surface area contributed by atoms with Gasteiger partial charge in [-0.15, -0.1) is 0 Å². The van der Waals surface area contributed by atoms with Crippen LogP contribution in [0.2, 0.25) is 0 Å². The molecule has 0 saturated heterocycles. The molecule has 0 saturated carbocycles. The number of nitrogens with one attached hydrogen (secondary N) is 1. The molecule has 1 amide bonds. The van der Waals surface area contributed by atoms with Crippen LogP contribution in [0.25, 0.3) is 10.8 Å². The standard InChI is InChI=1S/C20H18N2O2/c1-14(16-12-7-9-15-8-3-4-10-17(15)16)21-22-20(23)18-11-5-6-13-19(18)24-2/h3-13H,1-2H3,(H,22,23)/b21-14+. The second-order valence-corrected chi connectivity index (χ2v) is 5.37. The van der Waals surface area contributed by atoms with Gasteiger partial charge in [-0.05, 0) is 29.8 Å². The molecular weight excluding hydrogens is 300 g/mol. The summed E-state index contributed by atoms with van der Waals surface area (Å²) in [6.45, 7) is 1.88. The van der Waals surface area contributed by atoms with Gasteiger partial charge in [-0.1, -0.05) is 54.6 Å². The van der Waals surface area contributed by atoms with Crippen LogP contribution < -0.4 is 10.2 Å². The maximum absolute atomic E-state index is 12.3. The van der Waals surface area contributed by atoms with Gasteiger partial charge in [0.1, 0.15) is 5.75 Å². The molecule has 0 spiro atoms. The highest BCUT2D eigenvalue weighted by Gasteiger charge is 2.11. The van der Waals surface area contributed by atoms with Gasteiger partial charge in [-0.3, -0.25) is 4.79 Å². The molecule has 0 unspecified atom stereocenters. The molecule has 24 heavy (non-hydrogen) atoms. The molecule has 3 aromatic rings. The number of methoxy groups -OCH3 is 1. The van der Waals surface area contributed by atoms with Crippen molar-refractivity contribution in [3.63, 3.8) is 0 Å². The minimum absolute atomic E-state index is 0.299. The summed E-state index contributed by atoms with van der Waals surface area (Å²) < 4.78 is 5.21. The Bertz CT molecular complexity index is 911. The van der Waals surface area contributed by atoms with E-state index in [1.165, 1.54) is 7.11 Å². The molecular formula is C20H18N2O2. The predicted octanol–water partition coefficient (Wildman–Crippen LogP) is 4.00. The van der Waals surface area contributed by atoms with E-state index in [0.717, 1.165) is 22.0 Å². The SMILES string of the molecule is COc1ccccc1C(=O)N/N=C(\C)c1cccc2ccccc12. The van der Waals surface area contributed by atoms with Gasteiger partial charge in [0.15, 0.2) is 0 Å². The first kappa shape index (κ1) is 15.7. The highest BCUT2D eigenvalue weighted by molar-refractivity contribution is 6.10. The van der Waals surface area contributed by atoms with Gasteiger partial charge in [0.25, 0.3) is 5.91 Å². The topological polar surface area (TPSA) is 50.7 Å². The fraction of sp³-hybridized carbons (Fsp3) is 0.100. The quantitative estimate of drug-likeness (QED) is 0.584. The van der Waals surface area contributed by atoms with Crippen molar-refractivity contribution in [2.45, 2.75) is 6.92 Å². The molecule has 0 fully saturated rings. The zero-order valence-corrected chi connectivity index (χ0v) is 13.6. The Kier molecular flexibility index (Phi) is 4.57.